The second-order valence-corrected chi connectivity index (χ2v) is 8.11. The van der Waals surface area contributed by atoms with E-state index < -0.39 is 0 Å². The van der Waals surface area contributed by atoms with Crippen molar-refractivity contribution >= 4 is 22.6 Å². The van der Waals surface area contributed by atoms with Crippen molar-refractivity contribution in [2.75, 3.05) is 5.32 Å². The van der Waals surface area contributed by atoms with Gasteiger partial charge in [0.1, 0.15) is 16.8 Å². The molecule has 1 aromatic heterocycles. The summed E-state index contributed by atoms with van der Waals surface area (Å²) in [6.07, 6.45) is 3.55. The van der Waals surface area contributed by atoms with E-state index in [0.717, 1.165) is 28.9 Å². The lowest BCUT2D eigenvalue weighted by Gasteiger charge is -2.10. The number of rotatable bonds is 8. The van der Waals surface area contributed by atoms with Gasteiger partial charge in [-0.2, -0.15) is 4.80 Å². The first-order valence-electron chi connectivity index (χ1n) is 11.1. The van der Waals surface area contributed by atoms with Crippen LogP contribution >= 0.6 is 0 Å². The van der Waals surface area contributed by atoms with Crippen LogP contribution < -0.4 is 10.1 Å². The minimum Gasteiger partial charge on any atom is -0.491 e. The molecule has 0 fully saturated rings. The highest BCUT2D eigenvalue weighted by atomic mass is 16.5. The van der Waals surface area contributed by atoms with Crippen molar-refractivity contribution in [3.8, 4) is 11.4 Å². The molecule has 0 saturated heterocycles. The maximum atomic E-state index is 12.6. The second kappa shape index (κ2) is 9.64. The molecule has 4 rings (SSSR count). The Hall–Kier alpha value is -3.67. The molecule has 4 aromatic rings. The SMILES string of the molecule is CCCCc1ccc(-n2nc3ccc(NC(=O)c4ccc(OC(C)C)cc4)cc3n2)cc1. The summed E-state index contributed by atoms with van der Waals surface area (Å²) in [5, 5.41) is 12.1. The third-order valence-electron chi connectivity index (χ3n) is 5.11. The number of carbonyl (C=O) groups is 1. The summed E-state index contributed by atoms with van der Waals surface area (Å²) in [7, 11) is 0. The van der Waals surface area contributed by atoms with Gasteiger partial charge < -0.3 is 10.1 Å². The Labute approximate surface area is 188 Å². The van der Waals surface area contributed by atoms with E-state index in [0.29, 0.717) is 11.3 Å². The number of aromatic nitrogens is 3. The Morgan fingerprint density at radius 3 is 2.38 bits per heavy atom. The Morgan fingerprint density at radius 2 is 1.69 bits per heavy atom. The molecule has 6 nitrogen and oxygen atoms in total. The van der Waals surface area contributed by atoms with Crippen LogP contribution in [0.5, 0.6) is 5.75 Å². The number of hydrogen-bond donors (Lipinski definition) is 1. The van der Waals surface area contributed by atoms with Gasteiger partial charge in [0.15, 0.2) is 0 Å². The van der Waals surface area contributed by atoms with Crippen LogP contribution in [0.4, 0.5) is 5.69 Å². The largest absolute Gasteiger partial charge is 0.491 e. The summed E-state index contributed by atoms with van der Waals surface area (Å²) in [4.78, 5) is 14.3. The molecule has 3 aromatic carbocycles. The quantitative estimate of drug-likeness (QED) is 0.385. The zero-order valence-corrected chi connectivity index (χ0v) is 18.7. The number of amides is 1. The van der Waals surface area contributed by atoms with Gasteiger partial charge >= 0.3 is 0 Å². The van der Waals surface area contributed by atoms with Crippen LogP contribution in [0.1, 0.15) is 49.5 Å². The molecule has 0 aliphatic carbocycles. The second-order valence-electron chi connectivity index (χ2n) is 8.11. The average Bonchev–Trinajstić information content (AvgIpc) is 3.21. The van der Waals surface area contributed by atoms with E-state index in [4.69, 9.17) is 4.74 Å². The van der Waals surface area contributed by atoms with E-state index in [2.05, 4.69) is 34.6 Å². The Morgan fingerprint density at radius 1 is 0.969 bits per heavy atom. The Bertz CT molecular complexity index is 1190. The number of hydrogen-bond acceptors (Lipinski definition) is 4. The van der Waals surface area contributed by atoms with Crippen molar-refractivity contribution in [1.29, 1.82) is 0 Å². The fraction of sp³-hybridized carbons (Fsp3) is 0.269. The van der Waals surface area contributed by atoms with E-state index in [1.807, 2.05) is 44.2 Å². The van der Waals surface area contributed by atoms with Crippen LogP contribution in [0.15, 0.2) is 66.7 Å². The number of carbonyl (C=O) groups excluding carboxylic acids is 1. The minimum atomic E-state index is -0.185. The number of fused-ring (bicyclic) bond motifs is 1. The number of unbranched alkanes of at least 4 members (excludes halogenated alkanes) is 1. The number of benzene rings is 3. The molecule has 0 aliphatic heterocycles. The molecule has 0 spiro atoms. The highest BCUT2D eigenvalue weighted by Gasteiger charge is 2.10. The number of nitrogens with zero attached hydrogens (tertiary/aromatic N) is 3. The van der Waals surface area contributed by atoms with E-state index >= 15 is 0 Å². The summed E-state index contributed by atoms with van der Waals surface area (Å²) in [5.41, 5.74) is 4.96. The van der Waals surface area contributed by atoms with Crippen LogP contribution in [-0.4, -0.2) is 27.0 Å². The average molecular weight is 429 g/mol. The lowest BCUT2D eigenvalue weighted by atomic mass is 10.1. The zero-order chi connectivity index (χ0) is 22.5. The Kier molecular flexibility index (Phi) is 6.50. The number of aryl methyl sites for hydroxylation is 1. The van der Waals surface area contributed by atoms with Gasteiger partial charge in [0.05, 0.1) is 11.8 Å². The van der Waals surface area contributed by atoms with Crippen LogP contribution in [0.25, 0.3) is 16.7 Å². The first kappa shape index (κ1) is 21.6. The van der Waals surface area contributed by atoms with Crippen molar-refractivity contribution in [2.24, 2.45) is 0 Å². The zero-order valence-electron chi connectivity index (χ0n) is 18.7. The summed E-state index contributed by atoms with van der Waals surface area (Å²) >= 11 is 0. The molecule has 0 atom stereocenters. The maximum absolute atomic E-state index is 12.6. The van der Waals surface area contributed by atoms with E-state index in [9.17, 15) is 4.79 Å². The van der Waals surface area contributed by atoms with Gasteiger partial charge in [-0.15, -0.1) is 10.2 Å². The Balaban J connectivity index is 1.47. The molecule has 0 bridgehead atoms. The van der Waals surface area contributed by atoms with Crippen LogP contribution in [-0.2, 0) is 6.42 Å². The first-order chi connectivity index (χ1) is 15.5. The fourth-order valence-electron chi connectivity index (χ4n) is 3.44. The molecule has 0 unspecified atom stereocenters. The minimum absolute atomic E-state index is 0.0915. The number of ether oxygens (including phenoxy) is 1. The molecule has 1 N–H and O–H groups in total. The first-order valence-corrected chi connectivity index (χ1v) is 11.1. The van der Waals surface area contributed by atoms with Gasteiger partial charge in [-0.25, -0.2) is 0 Å². The van der Waals surface area contributed by atoms with Crippen molar-refractivity contribution in [2.45, 2.75) is 46.1 Å². The van der Waals surface area contributed by atoms with Crippen LogP contribution in [0.2, 0.25) is 0 Å². The molecule has 1 heterocycles. The van der Waals surface area contributed by atoms with Crippen LogP contribution in [0, 0.1) is 0 Å². The smallest absolute Gasteiger partial charge is 0.255 e. The highest BCUT2D eigenvalue weighted by Crippen LogP contribution is 2.20. The van der Waals surface area contributed by atoms with Gasteiger partial charge in [0.2, 0.25) is 0 Å². The van der Waals surface area contributed by atoms with Gasteiger partial charge in [-0.05, 0) is 86.8 Å². The van der Waals surface area contributed by atoms with Crippen molar-refractivity contribution in [1.82, 2.24) is 15.0 Å². The van der Waals surface area contributed by atoms with Gasteiger partial charge in [0, 0.05) is 11.3 Å². The molecule has 0 saturated carbocycles. The van der Waals surface area contributed by atoms with Gasteiger partial charge in [0.25, 0.3) is 5.91 Å². The highest BCUT2D eigenvalue weighted by molar-refractivity contribution is 6.05. The lowest BCUT2D eigenvalue weighted by Crippen LogP contribution is -2.12. The number of nitrogens with one attached hydrogen (secondary N) is 1. The number of anilines is 1. The summed E-state index contributed by atoms with van der Waals surface area (Å²) in [6, 6.07) is 21.0. The predicted octanol–water partition coefficient (Wildman–Crippen LogP) is 5.80. The maximum Gasteiger partial charge on any atom is 0.255 e. The van der Waals surface area contributed by atoms with Gasteiger partial charge in [-0.1, -0.05) is 25.5 Å². The predicted molar refractivity (Wildman–Crippen MR) is 128 cm³/mol. The summed E-state index contributed by atoms with van der Waals surface area (Å²) in [6.45, 7) is 6.13. The van der Waals surface area contributed by atoms with Crippen molar-refractivity contribution in [3.63, 3.8) is 0 Å². The fourth-order valence-corrected chi connectivity index (χ4v) is 3.44. The monoisotopic (exact) mass is 428 g/mol. The molecule has 32 heavy (non-hydrogen) atoms. The topological polar surface area (TPSA) is 69.0 Å². The molecule has 0 aliphatic rings. The van der Waals surface area contributed by atoms with Crippen molar-refractivity contribution in [3.05, 3.63) is 77.9 Å². The van der Waals surface area contributed by atoms with Crippen molar-refractivity contribution < 1.29 is 9.53 Å². The molecule has 1 amide bonds. The third kappa shape index (κ3) is 5.14. The molecular formula is C26H28N4O2. The van der Waals surface area contributed by atoms with E-state index in [-0.39, 0.29) is 12.0 Å². The summed E-state index contributed by atoms with van der Waals surface area (Å²) in [5.74, 6) is 0.559. The normalized spacial score (nSPS) is 11.1. The molecular weight excluding hydrogens is 400 g/mol. The van der Waals surface area contributed by atoms with E-state index in [1.165, 1.54) is 18.4 Å². The van der Waals surface area contributed by atoms with E-state index in [1.54, 1.807) is 29.1 Å². The molecule has 164 valence electrons. The molecule has 6 heteroatoms. The third-order valence-corrected chi connectivity index (χ3v) is 5.11. The molecule has 0 radical (unpaired) electrons. The summed E-state index contributed by atoms with van der Waals surface area (Å²) < 4.78 is 5.63. The lowest BCUT2D eigenvalue weighted by molar-refractivity contribution is 0.102. The van der Waals surface area contributed by atoms with Gasteiger partial charge in [-0.3, -0.25) is 4.79 Å². The standard InChI is InChI=1S/C26H28N4O2/c1-4-5-6-19-7-12-22(13-8-19)30-28-24-16-11-21(17-25(24)29-30)27-26(31)20-9-14-23(15-10-20)32-18(2)3/h7-18H,4-6H2,1-3H3,(H,27,31). The van der Waals surface area contributed by atoms with Crippen LogP contribution in [0.3, 0.4) is 0 Å².